The Bertz CT molecular complexity index is 1780. The molecule has 0 spiro atoms. The number of sulfonamides is 1. The maximum atomic E-state index is 14.8. The van der Waals surface area contributed by atoms with Crippen LogP contribution in [0.15, 0.2) is 57.9 Å². The van der Waals surface area contributed by atoms with Gasteiger partial charge in [-0.15, -0.1) is 11.3 Å². The Hall–Kier alpha value is -3.07. The molecule has 2 aromatic carbocycles. The molecule has 2 aromatic heterocycles. The van der Waals surface area contributed by atoms with E-state index in [4.69, 9.17) is 9.88 Å². The molecule has 7 nitrogen and oxygen atoms in total. The second-order valence-electron chi connectivity index (χ2n) is 9.86. The molecular formula is C28H24BrF4N3O4S2. The number of alkyl halides is 3. The number of aromatic nitrogens is 2. The fourth-order valence-corrected chi connectivity index (χ4v) is 6.62. The Morgan fingerprint density at radius 3 is 2.52 bits per heavy atom. The zero-order chi connectivity index (χ0) is 30.4. The highest BCUT2D eigenvalue weighted by Crippen LogP contribution is 2.45. The molecule has 0 unspecified atom stereocenters. The molecule has 222 valence electrons. The van der Waals surface area contributed by atoms with Crippen LogP contribution in [0.4, 0.5) is 17.6 Å². The molecule has 0 radical (unpaired) electrons. The second-order valence-corrected chi connectivity index (χ2v) is 13.3. The molecule has 42 heavy (non-hydrogen) atoms. The number of nitrogens with two attached hydrogens (primary N) is 1. The maximum absolute atomic E-state index is 14.8. The first-order chi connectivity index (χ1) is 19.8. The zero-order valence-electron chi connectivity index (χ0n) is 22.0. The third kappa shape index (κ3) is 6.46. The summed E-state index contributed by atoms with van der Waals surface area (Å²) in [5, 5.41) is 5.12. The molecule has 5 rings (SSSR count). The van der Waals surface area contributed by atoms with E-state index in [1.807, 2.05) is 28.8 Å². The van der Waals surface area contributed by atoms with Crippen LogP contribution < -0.4 is 5.14 Å². The third-order valence-electron chi connectivity index (χ3n) is 6.74. The molecule has 2 heterocycles. The van der Waals surface area contributed by atoms with E-state index in [-0.39, 0.29) is 18.2 Å². The van der Waals surface area contributed by atoms with Gasteiger partial charge >= 0.3 is 12.1 Å². The van der Waals surface area contributed by atoms with Gasteiger partial charge in [0.15, 0.2) is 5.69 Å². The zero-order valence-corrected chi connectivity index (χ0v) is 25.3. The number of halogens is 5. The lowest BCUT2D eigenvalue weighted by Crippen LogP contribution is -2.14. The van der Waals surface area contributed by atoms with Gasteiger partial charge in [-0.1, -0.05) is 34.1 Å². The number of carbonyl (C=O) groups is 1. The number of thiazole rings is 1. The van der Waals surface area contributed by atoms with Crippen LogP contribution in [0, 0.1) is 11.7 Å². The molecule has 2 N–H and O–H groups in total. The molecule has 1 saturated carbocycles. The number of rotatable bonds is 9. The maximum Gasteiger partial charge on any atom is 0.428 e. The fraction of sp³-hybridized carbons (Fsp3) is 0.286. The Kier molecular flexibility index (Phi) is 8.36. The summed E-state index contributed by atoms with van der Waals surface area (Å²) in [4.78, 5) is 14.8. The smallest absolute Gasteiger partial charge is 0.428 e. The SMILES string of the molecule is CCOC(=O)c1nc(-c2cc(-c3cccc(Br)c3)n(Cc3ccc(S(N)(=O)=O)c(F)c3)c2CC2CC2)sc1C(F)(F)F. The Morgan fingerprint density at radius 2 is 1.93 bits per heavy atom. The number of hydrogen-bond acceptors (Lipinski definition) is 6. The van der Waals surface area contributed by atoms with Gasteiger partial charge in [0, 0.05) is 28.0 Å². The molecule has 0 amide bonds. The van der Waals surface area contributed by atoms with Crippen LogP contribution in [0.5, 0.6) is 0 Å². The van der Waals surface area contributed by atoms with Crippen LogP contribution in [0.25, 0.3) is 21.8 Å². The van der Waals surface area contributed by atoms with Gasteiger partial charge in [-0.25, -0.2) is 27.7 Å². The normalized spacial score (nSPS) is 13.9. The molecular weight excluding hydrogens is 662 g/mol. The van der Waals surface area contributed by atoms with Crippen LogP contribution in [0.1, 0.15) is 46.4 Å². The van der Waals surface area contributed by atoms with Crippen LogP contribution in [-0.4, -0.2) is 30.5 Å². The summed E-state index contributed by atoms with van der Waals surface area (Å²) in [5.74, 6) is -1.88. The van der Waals surface area contributed by atoms with Gasteiger partial charge in [-0.3, -0.25) is 0 Å². The lowest BCUT2D eigenvalue weighted by Gasteiger charge is -2.16. The second kappa shape index (κ2) is 11.5. The van der Waals surface area contributed by atoms with E-state index in [9.17, 15) is 30.8 Å². The van der Waals surface area contributed by atoms with Crippen LogP contribution in [0.2, 0.25) is 0 Å². The van der Waals surface area contributed by atoms with Gasteiger partial charge < -0.3 is 9.30 Å². The number of carbonyl (C=O) groups excluding carboxylic acids is 1. The van der Waals surface area contributed by atoms with Crippen molar-refractivity contribution >= 4 is 43.3 Å². The third-order valence-corrected chi connectivity index (χ3v) is 9.31. The first-order valence-corrected chi connectivity index (χ1v) is 16.0. The molecule has 0 bridgehead atoms. The van der Waals surface area contributed by atoms with E-state index < -0.39 is 43.5 Å². The average Bonchev–Trinajstić information content (AvgIpc) is 3.48. The lowest BCUT2D eigenvalue weighted by molar-refractivity contribution is -0.135. The quantitative estimate of drug-likeness (QED) is 0.151. The first-order valence-electron chi connectivity index (χ1n) is 12.8. The predicted molar refractivity (Wildman–Crippen MR) is 153 cm³/mol. The highest BCUT2D eigenvalue weighted by Gasteiger charge is 2.41. The number of ether oxygens (including phenoxy) is 1. The minimum absolute atomic E-state index is 0.00628. The van der Waals surface area contributed by atoms with Gasteiger partial charge in [0.05, 0.1) is 6.61 Å². The van der Waals surface area contributed by atoms with Crippen molar-refractivity contribution in [1.82, 2.24) is 9.55 Å². The Labute approximate surface area is 251 Å². The van der Waals surface area contributed by atoms with Gasteiger partial charge in [0.2, 0.25) is 10.0 Å². The summed E-state index contributed by atoms with van der Waals surface area (Å²) in [5.41, 5.74) is 2.06. The van der Waals surface area contributed by atoms with Crippen molar-refractivity contribution < 1.29 is 35.5 Å². The summed E-state index contributed by atoms with van der Waals surface area (Å²) in [6.45, 7) is 1.46. The number of nitrogens with zero attached hydrogens (tertiary/aromatic N) is 2. The van der Waals surface area contributed by atoms with E-state index in [2.05, 4.69) is 20.9 Å². The van der Waals surface area contributed by atoms with Crippen molar-refractivity contribution in [3.8, 4) is 21.8 Å². The van der Waals surface area contributed by atoms with Gasteiger partial charge in [-0.2, -0.15) is 13.2 Å². The minimum atomic E-state index is -4.83. The molecule has 0 saturated heterocycles. The molecule has 0 aliphatic heterocycles. The monoisotopic (exact) mass is 685 g/mol. The van der Waals surface area contributed by atoms with Gasteiger partial charge in [0.25, 0.3) is 0 Å². The van der Waals surface area contributed by atoms with Crippen molar-refractivity contribution in [2.75, 3.05) is 6.61 Å². The summed E-state index contributed by atoms with van der Waals surface area (Å²) in [6, 6.07) is 12.6. The molecule has 4 aromatic rings. The van der Waals surface area contributed by atoms with E-state index in [1.54, 1.807) is 6.07 Å². The van der Waals surface area contributed by atoms with Crippen molar-refractivity contribution in [3.05, 3.63) is 80.6 Å². The molecule has 0 atom stereocenters. The van der Waals surface area contributed by atoms with Crippen LogP contribution >= 0.6 is 27.3 Å². The van der Waals surface area contributed by atoms with Crippen molar-refractivity contribution in [1.29, 1.82) is 0 Å². The molecule has 1 aliphatic rings. The Balaban J connectivity index is 1.72. The lowest BCUT2D eigenvalue weighted by atomic mass is 10.1. The molecule has 1 fully saturated rings. The van der Waals surface area contributed by atoms with E-state index in [0.717, 1.165) is 35.0 Å². The fourth-order valence-electron chi connectivity index (χ4n) is 4.68. The predicted octanol–water partition coefficient (Wildman–Crippen LogP) is 7.02. The average molecular weight is 687 g/mol. The summed E-state index contributed by atoms with van der Waals surface area (Å²) in [6.07, 6.45) is -2.44. The van der Waals surface area contributed by atoms with Crippen molar-refractivity contribution in [3.63, 3.8) is 0 Å². The topological polar surface area (TPSA) is 104 Å². The first kappa shape index (κ1) is 30.4. The Morgan fingerprint density at radius 1 is 1.19 bits per heavy atom. The van der Waals surface area contributed by atoms with Crippen LogP contribution in [-0.2, 0) is 33.9 Å². The van der Waals surface area contributed by atoms with Gasteiger partial charge in [-0.05, 0) is 73.6 Å². The number of primary sulfonamides is 1. The number of benzene rings is 2. The minimum Gasteiger partial charge on any atom is -0.461 e. The standard InChI is InChI=1S/C28H24BrF4N3O4S2/c1-2-40-27(37)24-25(28(31,32)33)41-26(35-24)19-13-21(17-4-3-5-18(29)12-17)36(22(19)11-15-6-7-15)14-16-8-9-23(20(30)10-16)42(34,38)39/h3-5,8-10,12-13,15H,2,6-7,11,14H2,1H3,(H2,34,38,39). The summed E-state index contributed by atoms with van der Waals surface area (Å²) < 4.78 is 87.7. The van der Waals surface area contributed by atoms with Crippen LogP contribution in [0.3, 0.4) is 0 Å². The highest BCUT2D eigenvalue weighted by molar-refractivity contribution is 9.10. The number of hydrogen-bond donors (Lipinski definition) is 1. The summed E-state index contributed by atoms with van der Waals surface area (Å²) in [7, 11) is -4.28. The van der Waals surface area contributed by atoms with Gasteiger partial charge in [0.1, 0.15) is 20.6 Å². The van der Waals surface area contributed by atoms with E-state index >= 15 is 0 Å². The molecule has 14 heteroatoms. The van der Waals surface area contributed by atoms with Crippen molar-refractivity contribution in [2.24, 2.45) is 11.1 Å². The number of esters is 1. The van der Waals surface area contributed by atoms with Crippen molar-refractivity contribution in [2.45, 2.75) is 43.8 Å². The van der Waals surface area contributed by atoms with E-state index in [0.29, 0.717) is 46.2 Å². The molecule has 1 aliphatic carbocycles. The highest BCUT2D eigenvalue weighted by atomic mass is 79.9. The largest absolute Gasteiger partial charge is 0.461 e. The summed E-state index contributed by atoms with van der Waals surface area (Å²) >= 11 is 3.83. The van der Waals surface area contributed by atoms with E-state index in [1.165, 1.54) is 13.0 Å².